The fraction of sp³-hybridized carbons (Fsp3) is 0.409. The molecule has 2 atom stereocenters. The summed E-state index contributed by atoms with van der Waals surface area (Å²) >= 11 is 0. The molecule has 1 heterocycles. The zero-order valence-corrected chi connectivity index (χ0v) is 17.7. The molecule has 29 heavy (non-hydrogen) atoms. The zero-order chi connectivity index (χ0) is 20.9. The third kappa shape index (κ3) is 5.36. The van der Waals surface area contributed by atoms with Crippen LogP contribution in [-0.2, 0) is 14.8 Å². The molecule has 0 bridgehead atoms. The fourth-order valence-corrected chi connectivity index (χ4v) is 5.30. The number of nitrogens with zero attached hydrogens (tertiary/aromatic N) is 1. The first kappa shape index (κ1) is 21.3. The first-order valence-electron chi connectivity index (χ1n) is 10.0. The maximum atomic E-state index is 12.8. The van der Waals surface area contributed by atoms with E-state index in [0.29, 0.717) is 31.6 Å². The minimum atomic E-state index is -3.38. The van der Waals surface area contributed by atoms with E-state index in [1.54, 1.807) is 0 Å². The molecule has 6 nitrogen and oxygen atoms in total. The number of rotatable bonds is 8. The molecule has 0 spiro atoms. The second kappa shape index (κ2) is 9.41. The van der Waals surface area contributed by atoms with Crippen molar-refractivity contribution < 1.29 is 17.9 Å². The van der Waals surface area contributed by atoms with Gasteiger partial charge in [0.05, 0.1) is 11.8 Å². The van der Waals surface area contributed by atoms with Gasteiger partial charge in [-0.05, 0) is 56.0 Å². The Morgan fingerprint density at radius 1 is 1.14 bits per heavy atom. The van der Waals surface area contributed by atoms with Gasteiger partial charge in [-0.3, -0.25) is 4.79 Å². The Morgan fingerprint density at radius 2 is 1.79 bits per heavy atom. The highest BCUT2D eigenvalue weighted by atomic mass is 32.2. The maximum absolute atomic E-state index is 12.8. The summed E-state index contributed by atoms with van der Waals surface area (Å²) in [6.07, 6.45) is 1.81. The number of hydrogen-bond donors (Lipinski definition) is 1. The van der Waals surface area contributed by atoms with Crippen molar-refractivity contribution in [2.45, 2.75) is 45.2 Å². The molecule has 0 radical (unpaired) electrons. The largest absolute Gasteiger partial charge is 0.457 e. The van der Waals surface area contributed by atoms with Crippen molar-refractivity contribution in [3.05, 3.63) is 60.2 Å². The molecule has 2 aromatic rings. The Kier molecular flexibility index (Phi) is 6.92. The van der Waals surface area contributed by atoms with Crippen molar-refractivity contribution in [1.29, 1.82) is 0 Å². The smallest absolute Gasteiger partial charge is 0.238 e. The van der Waals surface area contributed by atoms with Crippen LogP contribution >= 0.6 is 0 Å². The van der Waals surface area contributed by atoms with Gasteiger partial charge in [-0.2, -0.15) is 4.31 Å². The molecule has 0 aromatic heterocycles. The summed E-state index contributed by atoms with van der Waals surface area (Å²) in [6, 6.07) is 16.2. The second-order valence-corrected chi connectivity index (χ2v) is 9.34. The molecular formula is C22H28N2O4S. The maximum Gasteiger partial charge on any atom is 0.238 e. The number of hydrogen-bond acceptors (Lipinski definition) is 4. The lowest BCUT2D eigenvalue weighted by Gasteiger charge is -2.25. The van der Waals surface area contributed by atoms with Gasteiger partial charge in [-0.15, -0.1) is 0 Å². The highest BCUT2D eigenvalue weighted by Gasteiger charge is 2.38. The van der Waals surface area contributed by atoms with Crippen LogP contribution in [0.3, 0.4) is 0 Å². The number of ether oxygens (including phenoxy) is 1. The predicted octanol–water partition coefficient (Wildman–Crippen LogP) is 3.86. The summed E-state index contributed by atoms with van der Waals surface area (Å²) < 4.78 is 32.0. The fourth-order valence-electron chi connectivity index (χ4n) is 3.55. The third-order valence-electron chi connectivity index (χ3n) is 5.04. The SMILES string of the molecule is CCCS(=O)(=O)N1CCCC1C(=O)NC(C)c1ccc(Oc2ccccc2)cc1. The lowest BCUT2D eigenvalue weighted by molar-refractivity contribution is -0.124. The van der Waals surface area contributed by atoms with Crippen LogP contribution in [0.25, 0.3) is 0 Å². The number of benzene rings is 2. The number of carbonyl (C=O) groups excluding carboxylic acids is 1. The molecule has 3 rings (SSSR count). The number of nitrogens with one attached hydrogen (secondary N) is 1. The van der Waals surface area contributed by atoms with E-state index >= 15 is 0 Å². The van der Waals surface area contributed by atoms with E-state index < -0.39 is 16.1 Å². The zero-order valence-electron chi connectivity index (χ0n) is 16.9. The quantitative estimate of drug-likeness (QED) is 0.709. The van der Waals surface area contributed by atoms with Crippen LogP contribution in [0.5, 0.6) is 11.5 Å². The van der Waals surface area contributed by atoms with E-state index in [1.165, 1.54) is 4.31 Å². The van der Waals surface area contributed by atoms with Gasteiger partial charge in [-0.1, -0.05) is 37.3 Å². The Hall–Kier alpha value is -2.38. The van der Waals surface area contributed by atoms with Gasteiger partial charge >= 0.3 is 0 Å². The van der Waals surface area contributed by atoms with Crippen molar-refractivity contribution in [2.24, 2.45) is 0 Å². The summed E-state index contributed by atoms with van der Waals surface area (Å²) in [5.41, 5.74) is 0.930. The molecule has 1 amide bonds. The number of para-hydroxylation sites is 1. The first-order valence-corrected chi connectivity index (χ1v) is 11.6. The van der Waals surface area contributed by atoms with E-state index in [2.05, 4.69) is 5.32 Å². The highest BCUT2D eigenvalue weighted by molar-refractivity contribution is 7.89. The monoisotopic (exact) mass is 416 g/mol. The molecule has 1 aliphatic rings. The summed E-state index contributed by atoms with van der Waals surface area (Å²) in [6.45, 7) is 4.14. The average Bonchev–Trinajstić information content (AvgIpc) is 3.20. The standard InChI is InChI=1S/C22H28N2O4S/c1-3-16-29(26,27)24-15-7-10-21(24)22(25)23-17(2)18-11-13-20(14-12-18)28-19-8-5-4-6-9-19/h4-6,8-9,11-14,17,21H,3,7,10,15-16H2,1-2H3,(H,23,25). The number of amides is 1. The third-order valence-corrected chi connectivity index (χ3v) is 7.12. The molecule has 7 heteroatoms. The van der Waals surface area contributed by atoms with Crippen molar-refractivity contribution in [2.75, 3.05) is 12.3 Å². The molecule has 1 aliphatic heterocycles. The molecule has 1 N–H and O–H groups in total. The van der Waals surface area contributed by atoms with Crippen LogP contribution in [0.15, 0.2) is 54.6 Å². The van der Waals surface area contributed by atoms with Crippen LogP contribution in [0.2, 0.25) is 0 Å². The summed E-state index contributed by atoms with van der Waals surface area (Å²) in [4.78, 5) is 12.8. The van der Waals surface area contributed by atoms with Gasteiger partial charge < -0.3 is 10.1 Å². The van der Waals surface area contributed by atoms with E-state index in [1.807, 2.05) is 68.4 Å². The average molecular weight is 417 g/mol. The summed E-state index contributed by atoms with van der Waals surface area (Å²) in [5, 5.41) is 2.97. The van der Waals surface area contributed by atoms with Gasteiger partial charge in [0.15, 0.2) is 0 Å². The molecule has 1 fully saturated rings. The molecule has 1 saturated heterocycles. The predicted molar refractivity (Wildman–Crippen MR) is 113 cm³/mol. The van der Waals surface area contributed by atoms with Gasteiger partial charge in [0.25, 0.3) is 0 Å². The minimum Gasteiger partial charge on any atom is -0.457 e. The molecule has 0 saturated carbocycles. The van der Waals surface area contributed by atoms with E-state index in [9.17, 15) is 13.2 Å². The Morgan fingerprint density at radius 3 is 2.45 bits per heavy atom. The normalized spacial score (nSPS) is 18.3. The summed E-state index contributed by atoms with van der Waals surface area (Å²) in [5.74, 6) is 1.32. The van der Waals surface area contributed by atoms with Crippen LogP contribution < -0.4 is 10.1 Å². The molecular weight excluding hydrogens is 388 g/mol. The Balaban J connectivity index is 1.62. The lowest BCUT2D eigenvalue weighted by Crippen LogP contribution is -2.47. The minimum absolute atomic E-state index is 0.0786. The molecule has 0 aliphatic carbocycles. The van der Waals surface area contributed by atoms with Gasteiger partial charge in [0, 0.05) is 6.54 Å². The van der Waals surface area contributed by atoms with Crippen molar-refractivity contribution in [1.82, 2.24) is 9.62 Å². The van der Waals surface area contributed by atoms with Crippen LogP contribution in [0.4, 0.5) is 0 Å². The van der Waals surface area contributed by atoms with Gasteiger partial charge in [-0.25, -0.2) is 8.42 Å². The molecule has 156 valence electrons. The molecule has 2 unspecified atom stereocenters. The van der Waals surface area contributed by atoms with E-state index in [4.69, 9.17) is 4.74 Å². The van der Waals surface area contributed by atoms with Crippen molar-refractivity contribution in [3.63, 3.8) is 0 Å². The number of sulfonamides is 1. The van der Waals surface area contributed by atoms with Gasteiger partial charge in [0.2, 0.25) is 15.9 Å². The van der Waals surface area contributed by atoms with E-state index in [0.717, 1.165) is 11.3 Å². The lowest BCUT2D eigenvalue weighted by atomic mass is 10.1. The van der Waals surface area contributed by atoms with Crippen LogP contribution in [-0.4, -0.2) is 37.0 Å². The van der Waals surface area contributed by atoms with Gasteiger partial charge in [0.1, 0.15) is 17.5 Å². The summed E-state index contributed by atoms with van der Waals surface area (Å²) in [7, 11) is -3.38. The highest BCUT2D eigenvalue weighted by Crippen LogP contribution is 2.25. The van der Waals surface area contributed by atoms with Crippen molar-refractivity contribution >= 4 is 15.9 Å². The topological polar surface area (TPSA) is 75.7 Å². The Labute approximate surface area is 172 Å². The number of carbonyl (C=O) groups is 1. The second-order valence-electron chi connectivity index (χ2n) is 7.30. The molecule has 2 aromatic carbocycles. The first-order chi connectivity index (χ1) is 13.9. The van der Waals surface area contributed by atoms with Crippen molar-refractivity contribution in [3.8, 4) is 11.5 Å². The Bertz CT molecular complexity index is 914. The van der Waals surface area contributed by atoms with E-state index in [-0.39, 0.29) is 17.7 Å². The van der Waals surface area contributed by atoms with Crippen LogP contribution in [0, 0.1) is 0 Å². The van der Waals surface area contributed by atoms with Crippen LogP contribution in [0.1, 0.15) is 44.7 Å².